The molecule has 2 aromatic rings. The van der Waals surface area contributed by atoms with Crippen LogP contribution in [0.15, 0.2) is 28.7 Å². The normalized spacial score (nSPS) is 15.9. The van der Waals surface area contributed by atoms with Gasteiger partial charge in [0.05, 0.1) is 13.7 Å². The molecule has 1 aromatic carbocycles. The van der Waals surface area contributed by atoms with Gasteiger partial charge >= 0.3 is 0 Å². The van der Waals surface area contributed by atoms with E-state index < -0.39 is 0 Å². The summed E-state index contributed by atoms with van der Waals surface area (Å²) in [5.74, 6) is 2.09. The van der Waals surface area contributed by atoms with Crippen LogP contribution in [-0.2, 0) is 11.3 Å². The smallest absolute Gasteiger partial charge is 0.247 e. The second kappa shape index (κ2) is 7.45. The molecule has 7 nitrogen and oxygen atoms in total. The lowest BCUT2D eigenvalue weighted by Gasteiger charge is -2.37. The summed E-state index contributed by atoms with van der Waals surface area (Å²) in [7, 11) is 1.63. The van der Waals surface area contributed by atoms with Crippen molar-refractivity contribution in [2.45, 2.75) is 27.3 Å². The van der Waals surface area contributed by atoms with Crippen LogP contribution in [0.25, 0.3) is 11.5 Å². The van der Waals surface area contributed by atoms with Gasteiger partial charge in [0.1, 0.15) is 5.75 Å². The van der Waals surface area contributed by atoms with E-state index in [1.807, 2.05) is 49.9 Å². The topological polar surface area (TPSA) is 71.7 Å². The summed E-state index contributed by atoms with van der Waals surface area (Å²) < 4.78 is 10.9. The van der Waals surface area contributed by atoms with Crippen molar-refractivity contribution in [3.63, 3.8) is 0 Å². The third-order valence-electron chi connectivity index (χ3n) is 4.46. The molecule has 0 atom stereocenters. The second-order valence-corrected chi connectivity index (χ2v) is 7.55. The molecule has 0 saturated carbocycles. The Bertz CT molecular complexity index is 741. The average molecular weight is 358 g/mol. The minimum atomic E-state index is -0.331. The number of carbonyl (C=O) groups is 1. The Morgan fingerprint density at radius 2 is 1.77 bits per heavy atom. The second-order valence-electron chi connectivity index (χ2n) is 7.55. The van der Waals surface area contributed by atoms with Crippen molar-refractivity contribution in [2.75, 3.05) is 33.3 Å². The van der Waals surface area contributed by atoms with Gasteiger partial charge in [-0.25, -0.2) is 0 Å². The van der Waals surface area contributed by atoms with Gasteiger partial charge in [0.15, 0.2) is 0 Å². The van der Waals surface area contributed by atoms with Crippen molar-refractivity contribution in [2.24, 2.45) is 5.41 Å². The molecule has 26 heavy (non-hydrogen) atoms. The van der Waals surface area contributed by atoms with Gasteiger partial charge in [0, 0.05) is 37.2 Å². The fraction of sp³-hybridized carbons (Fsp3) is 0.526. The van der Waals surface area contributed by atoms with E-state index in [-0.39, 0.29) is 11.3 Å². The Hall–Kier alpha value is -2.41. The standard InChI is InChI=1S/C19H26N4O3/c1-19(2,3)18(24)23-11-9-22(10-12-23)13-16-20-21-17(26-16)14-5-7-15(25-4)8-6-14/h5-8H,9-13H2,1-4H3. The van der Waals surface area contributed by atoms with Crippen LogP contribution >= 0.6 is 0 Å². The molecule has 1 amide bonds. The fourth-order valence-electron chi connectivity index (χ4n) is 2.94. The molecule has 1 aliphatic heterocycles. The Labute approximate surface area is 153 Å². The third-order valence-corrected chi connectivity index (χ3v) is 4.46. The number of hydrogen-bond acceptors (Lipinski definition) is 6. The summed E-state index contributed by atoms with van der Waals surface area (Å²) in [5.41, 5.74) is 0.534. The fourth-order valence-corrected chi connectivity index (χ4v) is 2.94. The van der Waals surface area contributed by atoms with Crippen LogP contribution in [0.5, 0.6) is 5.75 Å². The molecule has 1 fully saturated rings. The zero-order valence-corrected chi connectivity index (χ0v) is 15.9. The van der Waals surface area contributed by atoms with Gasteiger partial charge in [-0.2, -0.15) is 0 Å². The largest absolute Gasteiger partial charge is 0.497 e. The quantitative estimate of drug-likeness (QED) is 0.836. The van der Waals surface area contributed by atoms with Crippen LogP contribution in [0.2, 0.25) is 0 Å². The van der Waals surface area contributed by atoms with Gasteiger partial charge in [-0.05, 0) is 24.3 Å². The summed E-state index contributed by atoms with van der Waals surface area (Å²) >= 11 is 0. The van der Waals surface area contributed by atoms with Crippen LogP contribution in [-0.4, -0.2) is 59.2 Å². The van der Waals surface area contributed by atoms with Crippen LogP contribution < -0.4 is 4.74 Å². The van der Waals surface area contributed by atoms with E-state index in [1.54, 1.807) is 7.11 Å². The molecule has 0 radical (unpaired) electrons. The molecule has 7 heteroatoms. The maximum atomic E-state index is 12.3. The molecule has 0 unspecified atom stereocenters. The zero-order valence-electron chi connectivity index (χ0n) is 15.9. The van der Waals surface area contributed by atoms with Crippen LogP contribution in [0, 0.1) is 5.41 Å². The van der Waals surface area contributed by atoms with E-state index in [0.717, 1.165) is 37.5 Å². The first-order valence-electron chi connectivity index (χ1n) is 8.85. The van der Waals surface area contributed by atoms with Crippen LogP contribution in [0.1, 0.15) is 26.7 Å². The van der Waals surface area contributed by atoms with Crippen molar-refractivity contribution in [3.05, 3.63) is 30.2 Å². The Balaban J connectivity index is 1.56. The average Bonchev–Trinajstić information content (AvgIpc) is 3.09. The lowest BCUT2D eigenvalue weighted by molar-refractivity contribution is -0.141. The maximum absolute atomic E-state index is 12.3. The number of benzene rings is 1. The number of piperazine rings is 1. The molecule has 1 aliphatic rings. The summed E-state index contributed by atoms with van der Waals surface area (Å²) in [6.45, 7) is 9.55. The first kappa shape index (κ1) is 18.4. The minimum absolute atomic E-state index is 0.205. The van der Waals surface area contributed by atoms with Crippen molar-refractivity contribution >= 4 is 5.91 Å². The summed E-state index contributed by atoms with van der Waals surface area (Å²) in [4.78, 5) is 16.5. The van der Waals surface area contributed by atoms with Crippen molar-refractivity contribution in [1.82, 2.24) is 20.0 Å². The van der Waals surface area contributed by atoms with Crippen LogP contribution in [0.3, 0.4) is 0 Å². The molecule has 3 rings (SSSR count). The highest BCUT2D eigenvalue weighted by Gasteiger charge is 2.30. The predicted octanol–water partition coefficient (Wildman–Crippen LogP) is 2.44. The number of aromatic nitrogens is 2. The minimum Gasteiger partial charge on any atom is -0.497 e. The monoisotopic (exact) mass is 358 g/mol. The van der Waals surface area contributed by atoms with Gasteiger partial charge in [-0.3, -0.25) is 9.69 Å². The van der Waals surface area contributed by atoms with E-state index in [0.29, 0.717) is 18.3 Å². The highest BCUT2D eigenvalue weighted by Crippen LogP contribution is 2.22. The number of nitrogens with zero attached hydrogens (tertiary/aromatic N) is 4. The van der Waals surface area contributed by atoms with Crippen molar-refractivity contribution in [3.8, 4) is 17.2 Å². The van der Waals surface area contributed by atoms with Gasteiger partial charge in [-0.15, -0.1) is 10.2 Å². The van der Waals surface area contributed by atoms with E-state index in [4.69, 9.17) is 9.15 Å². The zero-order chi connectivity index (χ0) is 18.7. The van der Waals surface area contributed by atoms with E-state index in [1.165, 1.54) is 0 Å². The summed E-state index contributed by atoms with van der Waals surface area (Å²) in [6.07, 6.45) is 0. The Morgan fingerprint density at radius 3 is 2.35 bits per heavy atom. The maximum Gasteiger partial charge on any atom is 0.247 e. The van der Waals surface area contributed by atoms with E-state index in [9.17, 15) is 4.79 Å². The first-order chi connectivity index (χ1) is 12.4. The molecule has 0 spiro atoms. The molecular formula is C19H26N4O3. The molecule has 140 valence electrons. The summed E-state index contributed by atoms with van der Waals surface area (Å²) in [5, 5.41) is 8.29. The lowest BCUT2D eigenvalue weighted by Crippen LogP contribution is -2.51. The first-order valence-corrected chi connectivity index (χ1v) is 8.85. The number of carbonyl (C=O) groups excluding carboxylic acids is 1. The molecule has 0 bridgehead atoms. The van der Waals surface area contributed by atoms with Crippen LogP contribution in [0.4, 0.5) is 0 Å². The number of ether oxygens (including phenoxy) is 1. The highest BCUT2D eigenvalue weighted by molar-refractivity contribution is 5.81. The Kier molecular flexibility index (Phi) is 5.27. The van der Waals surface area contributed by atoms with E-state index >= 15 is 0 Å². The van der Waals surface area contributed by atoms with E-state index in [2.05, 4.69) is 15.1 Å². The highest BCUT2D eigenvalue weighted by atomic mass is 16.5. The molecule has 1 saturated heterocycles. The lowest BCUT2D eigenvalue weighted by atomic mass is 9.94. The molecular weight excluding hydrogens is 332 g/mol. The predicted molar refractivity (Wildman–Crippen MR) is 97.6 cm³/mol. The van der Waals surface area contributed by atoms with Crippen molar-refractivity contribution < 1.29 is 13.9 Å². The van der Waals surface area contributed by atoms with Gasteiger partial charge in [0.25, 0.3) is 0 Å². The molecule has 1 aromatic heterocycles. The van der Waals surface area contributed by atoms with Crippen molar-refractivity contribution in [1.29, 1.82) is 0 Å². The molecule has 2 heterocycles. The number of amides is 1. The van der Waals surface area contributed by atoms with Gasteiger partial charge in [-0.1, -0.05) is 20.8 Å². The number of methoxy groups -OCH3 is 1. The number of rotatable bonds is 4. The number of hydrogen-bond donors (Lipinski definition) is 0. The van der Waals surface area contributed by atoms with Gasteiger partial charge in [0.2, 0.25) is 17.7 Å². The third kappa shape index (κ3) is 4.22. The summed E-state index contributed by atoms with van der Waals surface area (Å²) in [6, 6.07) is 7.52. The SMILES string of the molecule is COc1ccc(-c2nnc(CN3CCN(C(=O)C(C)(C)C)CC3)o2)cc1. The molecule has 0 aliphatic carbocycles. The van der Waals surface area contributed by atoms with Gasteiger partial charge < -0.3 is 14.1 Å². The molecule has 0 N–H and O–H groups in total. The Morgan fingerprint density at radius 1 is 1.12 bits per heavy atom.